The van der Waals surface area contributed by atoms with Crippen molar-refractivity contribution >= 4 is 17.9 Å². The third-order valence-corrected chi connectivity index (χ3v) is 10.1. The highest BCUT2D eigenvalue weighted by molar-refractivity contribution is 5.71. The number of allylic oxidation sites excluding steroid dienone is 14. The molecule has 0 N–H and O–H groups in total. The van der Waals surface area contributed by atoms with Crippen LogP contribution in [0, 0.1) is 0 Å². The fourth-order valence-corrected chi connectivity index (χ4v) is 6.45. The van der Waals surface area contributed by atoms with Crippen molar-refractivity contribution in [3.05, 3.63) is 85.1 Å². The van der Waals surface area contributed by atoms with Gasteiger partial charge in [-0.3, -0.25) is 14.4 Å². The highest BCUT2D eigenvalue weighted by Crippen LogP contribution is 2.13. The van der Waals surface area contributed by atoms with Crippen molar-refractivity contribution in [2.24, 2.45) is 0 Å². The second kappa shape index (κ2) is 48.3. The van der Waals surface area contributed by atoms with Gasteiger partial charge in [0.25, 0.3) is 0 Å². The standard InChI is InChI=1S/C54H90O6/c1-4-7-10-13-16-18-20-21-22-23-24-25-26-27-28-29-30-31-32-33-34-36-38-41-44-47-53(56)59-50-51(49-58-52(55)46-43-40-37-15-12-9-6-3)60-54(57)48-45-42-39-35-19-17-14-11-8-5-2/h7,10-11,14,16,18,21-22,24-25,27-28,30-31,51H,4-6,8-9,12-13,15,17,19-20,23,26,29,32-50H2,1-3H3/b10-7-,14-11-,18-16-,22-21-,25-24-,28-27-,31-30-. The minimum absolute atomic E-state index is 0.0848. The van der Waals surface area contributed by atoms with Gasteiger partial charge in [0.15, 0.2) is 6.10 Å². The molecule has 6 nitrogen and oxygen atoms in total. The smallest absolute Gasteiger partial charge is 0.306 e. The van der Waals surface area contributed by atoms with Crippen LogP contribution in [0.15, 0.2) is 85.1 Å². The lowest BCUT2D eigenvalue weighted by Gasteiger charge is -2.18. The summed E-state index contributed by atoms with van der Waals surface area (Å²) < 4.78 is 16.6. The van der Waals surface area contributed by atoms with Crippen LogP contribution in [0.25, 0.3) is 0 Å². The lowest BCUT2D eigenvalue weighted by atomic mass is 10.1. The quantitative estimate of drug-likeness (QED) is 0.0263. The monoisotopic (exact) mass is 835 g/mol. The van der Waals surface area contributed by atoms with Gasteiger partial charge in [0.05, 0.1) is 0 Å². The summed E-state index contributed by atoms with van der Waals surface area (Å²) in [6.45, 7) is 6.38. The maximum Gasteiger partial charge on any atom is 0.306 e. The molecule has 0 aromatic heterocycles. The molecule has 342 valence electrons. The van der Waals surface area contributed by atoms with Crippen LogP contribution in [-0.2, 0) is 28.6 Å². The molecule has 0 aliphatic rings. The van der Waals surface area contributed by atoms with Crippen molar-refractivity contribution in [3.8, 4) is 0 Å². The Morgan fingerprint density at radius 3 is 1.10 bits per heavy atom. The maximum atomic E-state index is 12.7. The van der Waals surface area contributed by atoms with Crippen LogP contribution in [0.3, 0.4) is 0 Å². The van der Waals surface area contributed by atoms with Crippen LogP contribution < -0.4 is 0 Å². The number of esters is 3. The number of unbranched alkanes of at least 4 members (excludes halogenated alkanes) is 18. The molecule has 0 rings (SSSR count). The van der Waals surface area contributed by atoms with Gasteiger partial charge in [0.2, 0.25) is 0 Å². The van der Waals surface area contributed by atoms with Gasteiger partial charge in [-0.05, 0) is 89.9 Å². The first kappa shape index (κ1) is 56.6. The van der Waals surface area contributed by atoms with E-state index in [2.05, 4.69) is 106 Å². The van der Waals surface area contributed by atoms with E-state index in [0.29, 0.717) is 19.3 Å². The van der Waals surface area contributed by atoms with E-state index >= 15 is 0 Å². The van der Waals surface area contributed by atoms with Crippen molar-refractivity contribution < 1.29 is 28.6 Å². The Labute approximate surface area is 369 Å². The molecule has 0 saturated carbocycles. The molecule has 0 bridgehead atoms. The van der Waals surface area contributed by atoms with E-state index in [4.69, 9.17) is 14.2 Å². The molecule has 60 heavy (non-hydrogen) atoms. The van der Waals surface area contributed by atoms with Crippen LogP contribution in [0.1, 0.15) is 220 Å². The highest BCUT2D eigenvalue weighted by atomic mass is 16.6. The average molecular weight is 835 g/mol. The van der Waals surface area contributed by atoms with Gasteiger partial charge in [-0.25, -0.2) is 0 Å². The fraction of sp³-hybridized carbons (Fsp3) is 0.685. The molecular formula is C54H90O6. The number of hydrogen-bond acceptors (Lipinski definition) is 6. The Bertz CT molecular complexity index is 1190. The zero-order chi connectivity index (χ0) is 43.7. The Morgan fingerprint density at radius 2 is 0.683 bits per heavy atom. The number of carbonyl (C=O) groups is 3. The number of hydrogen-bond donors (Lipinski definition) is 0. The average Bonchev–Trinajstić information content (AvgIpc) is 3.24. The normalized spacial score (nSPS) is 12.8. The third kappa shape index (κ3) is 45.7. The molecule has 0 aliphatic heterocycles. The van der Waals surface area contributed by atoms with Crippen LogP contribution in [0.4, 0.5) is 0 Å². The van der Waals surface area contributed by atoms with Gasteiger partial charge in [0.1, 0.15) is 13.2 Å². The molecule has 0 radical (unpaired) electrons. The molecule has 6 heteroatoms. The Hall–Kier alpha value is -3.41. The highest BCUT2D eigenvalue weighted by Gasteiger charge is 2.19. The van der Waals surface area contributed by atoms with Gasteiger partial charge >= 0.3 is 17.9 Å². The van der Waals surface area contributed by atoms with Gasteiger partial charge in [-0.15, -0.1) is 0 Å². The summed E-state index contributed by atoms with van der Waals surface area (Å²) >= 11 is 0. The summed E-state index contributed by atoms with van der Waals surface area (Å²) in [6, 6.07) is 0. The number of ether oxygens (including phenoxy) is 3. The van der Waals surface area contributed by atoms with Crippen LogP contribution in [0.5, 0.6) is 0 Å². The maximum absolute atomic E-state index is 12.7. The van der Waals surface area contributed by atoms with Crippen molar-refractivity contribution in [1.29, 1.82) is 0 Å². The summed E-state index contributed by atoms with van der Waals surface area (Å²) in [4.78, 5) is 37.6. The molecule has 0 heterocycles. The van der Waals surface area contributed by atoms with Gasteiger partial charge in [-0.1, -0.05) is 196 Å². The van der Waals surface area contributed by atoms with E-state index in [0.717, 1.165) is 128 Å². The zero-order valence-electron chi connectivity index (χ0n) is 38.9. The first-order valence-corrected chi connectivity index (χ1v) is 24.6. The molecule has 0 spiro atoms. The van der Waals surface area contributed by atoms with E-state index in [1.54, 1.807) is 0 Å². The SMILES string of the molecule is CC/C=C\C/C=C\C/C=C\C/C=C\C/C=C\C/C=C\CCCCCCCCC(=O)OCC(COC(=O)CCCCCCCCC)OC(=O)CCCCCCC/C=C\CCC. The zero-order valence-corrected chi connectivity index (χ0v) is 38.9. The molecule has 0 aliphatic carbocycles. The Morgan fingerprint density at radius 1 is 0.350 bits per heavy atom. The Balaban J connectivity index is 4.21. The largest absolute Gasteiger partial charge is 0.462 e. The van der Waals surface area contributed by atoms with E-state index in [1.165, 1.54) is 51.4 Å². The van der Waals surface area contributed by atoms with Crippen LogP contribution in [-0.4, -0.2) is 37.2 Å². The van der Waals surface area contributed by atoms with E-state index in [9.17, 15) is 14.4 Å². The van der Waals surface area contributed by atoms with E-state index < -0.39 is 6.10 Å². The lowest BCUT2D eigenvalue weighted by Crippen LogP contribution is -2.30. The number of rotatable bonds is 43. The van der Waals surface area contributed by atoms with E-state index in [-0.39, 0.29) is 31.1 Å². The van der Waals surface area contributed by atoms with Gasteiger partial charge in [0, 0.05) is 19.3 Å². The van der Waals surface area contributed by atoms with Crippen molar-refractivity contribution in [3.63, 3.8) is 0 Å². The molecule has 0 amide bonds. The molecular weight excluding hydrogens is 745 g/mol. The molecule has 1 atom stereocenters. The summed E-state index contributed by atoms with van der Waals surface area (Å²) in [6.07, 6.45) is 61.6. The van der Waals surface area contributed by atoms with Crippen molar-refractivity contribution in [1.82, 2.24) is 0 Å². The topological polar surface area (TPSA) is 78.9 Å². The molecule has 0 fully saturated rings. The minimum Gasteiger partial charge on any atom is -0.462 e. The molecule has 0 saturated heterocycles. The molecule has 0 aromatic rings. The second-order valence-corrected chi connectivity index (χ2v) is 16.0. The Kier molecular flexibility index (Phi) is 45.5. The van der Waals surface area contributed by atoms with Crippen LogP contribution >= 0.6 is 0 Å². The summed E-state index contributed by atoms with van der Waals surface area (Å²) in [7, 11) is 0. The van der Waals surface area contributed by atoms with Crippen molar-refractivity contribution in [2.45, 2.75) is 226 Å². The van der Waals surface area contributed by atoms with Crippen LogP contribution in [0.2, 0.25) is 0 Å². The molecule has 0 aromatic carbocycles. The van der Waals surface area contributed by atoms with Gasteiger partial charge < -0.3 is 14.2 Å². The first-order valence-electron chi connectivity index (χ1n) is 24.6. The van der Waals surface area contributed by atoms with Gasteiger partial charge in [-0.2, -0.15) is 0 Å². The first-order chi connectivity index (χ1) is 29.5. The summed E-state index contributed by atoms with van der Waals surface area (Å²) in [5.74, 6) is -0.923. The molecule has 1 unspecified atom stereocenters. The fourth-order valence-electron chi connectivity index (χ4n) is 6.45. The van der Waals surface area contributed by atoms with Crippen molar-refractivity contribution in [2.75, 3.05) is 13.2 Å². The predicted molar refractivity (Wildman–Crippen MR) is 256 cm³/mol. The summed E-state index contributed by atoms with van der Waals surface area (Å²) in [5, 5.41) is 0. The third-order valence-electron chi connectivity index (χ3n) is 10.1. The lowest BCUT2D eigenvalue weighted by molar-refractivity contribution is -0.167. The summed E-state index contributed by atoms with van der Waals surface area (Å²) in [5.41, 5.74) is 0. The minimum atomic E-state index is -0.782. The second-order valence-electron chi connectivity index (χ2n) is 16.0. The number of carbonyl (C=O) groups excluding carboxylic acids is 3. The van der Waals surface area contributed by atoms with E-state index in [1.807, 2.05) is 0 Å². The predicted octanol–water partition coefficient (Wildman–Crippen LogP) is 16.0.